The Labute approximate surface area is 115 Å². The largest absolute Gasteiger partial charge is 0.497 e. The monoisotopic (exact) mass is 307 g/mol. The molecule has 0 amide bonds. The highest BCUT2D eigenvalue weighted by Gasteiger charge is 2.04. The average Bonchev–Trinajstić information content (AvgIpc) is 2.39. The van der Waals surface area contributed by atoms with Crippen molar-refractivity contribution >= 4 is 21.6 Å². The van der Waals surface area contributed by atoms with Gasteiger partial charge >= 0.3 is 0 Å². The Morgan fingerprint density at radius 2 is 1.94 bits per heavy atom. The van der Waals surface area contributed by atoms with Crippen molar-refractivity contribution in [2.24, 2.45) is 0 Å². The minimum atomic E-state index is 0.437. The molecule has 0 heterocycles. The minimum Gasteiger partial charge on any atom is -0.497 e. The van der Waals surface area contributed by atoms with Crippen LogP contribution in [0, 0.1) is 0 Å². The molecule has 2 aromatic rings. The third kappa shape index (κ3) is 2.96. The molecule has 0 bridgehead atoms. The second-order valence-corrected chi connectivity index (χ2v) is 4.64. The van der Waals surface area contributed by atoms with Crippen molar-refractivity contribution in [1.29, 1.82) is 0 Å². The zero-order valence-corrected chi connectivity index (χ0v) is 11.6. The first-order chi connectivity index (χ1) is 8.70. The van der Waals surface area contributed by atoms with Gasteiger partial charge < -0.3 is 15.2 Å². The van der Waals surface area contributed by atoms with Crippen LogP contribution in [0.4, 0.5) is 5.69 Å². The molecule has 3 nitrogen and oxygen atoms in total. The molecule has 0 saturated carbocycles. The van der Waals surface area contributed by atoms with E-state index in [0.717, 1.165) is 15.8 Å². The van der Waals surface area contributed by atoms with Gasteiger partial charge in [0.15, 0.2) is 0 Å². The topological polar surface area (TPSA) is 44.5 Å². The van der Waals surface area contributed by atoms with Crippen LogP contribution in [0.25, 0.3) is 0 Å². The molecule has 0 unspecified atom stereocenters. The van der Waals surface area contributed by atoms with E-state index >= 15 is 0 Å². The second-order valence-electron chi connectivity index (χ2n) is 3.78. The predicted octanol–water partition coefficient (Wildman–Crippen LogP) is 3.62. The van der Waals surface area contributed by atoms with Crippen LogP contribution >= 0.6 is 15.9 Å². The van der Waals surface area contributed by atoms with E-state index in [-0.39, 0.29) is 0 Å². The van der Waals surface area contributed by atoms with Crippen LogP contribution in [0.2, 0.25) is 0 Å². The fraction of sp³-hybridized carbons (Fsp3) is 0.143. The van der Waals surface area contributed by atoms with E-state index in [1.807, 2.05) is 42.5 Å². The molecule has 0 aromatic heterocycles. The number of nitrogen functional groups attached to an aromatic ring is 1. The number of ether oxygens (including phenoxy) is 2. The normalized spacial score (nSPS) is 10.1. The lowest BCUT2D eigenvalue weighted by atomic mass is 10.2. The van der Waals surface area contributed by atoms with Gasteiger partial charge in [-0.1, -0.05) is 28.1 Å². The molecular weight excluding hydrogens is 294 g/mol. The van der Waals surface area contributed by atoms with Crippen LogP contribution in [0.1, 0.15) is 5.56 Å². The highest BCUT2D eigenvalue weighted by atomic mass is 79.9. The van der Waals surface area contributed by atoms with Crippen LogP contribution in [-0.4, -0.2) is 7.11 Å². The molecule has 0 fully saturated rings. The van der Waals surface area contributed by atoms with E-state index < -0.39 is 0 Å². The molecule has 4 heteroatoms. The summed E-state index contributed by atoms with van der Waals surface area (Å²) in [6.07, 6.45) is 0. The predicted molar refractivity (Wildman–Crippen MR) is 75.9 cm³/mol. The third-order valence-electron chi connectivity index (χ3n) is 2.56. The number of nitrogens with two attached hydrogens (primary N) is 1. The first-order valence-corrected chi connectivity index (χ1v) is 6.29. The summed E-state index contributed by atoms with van der Waals surface area (Å²) in [5.74, 6) is 1.49. The van der Waals surface area contributed by atoms with E-state index in [1.165, 1.54) is 0 Å². The quantitative estimate of drug-likeness (QED) is 0.877. The van der Waals surface area contributed by atoms with Crippen molar-refractivity contribution in [2.75, 3.05) is 12.8 Å². The van der Waals surface area contributed by atoms with Gasteiger partial charge in [-0.05, 0) is 30.3 Å². The number of methoxy groups -OCH3 is 1. The Morgan fingerprint density at radius 1 is 1.17 bits per heavy atom. The molecule has 94 valence electrons. The molecule has 2 aromatic carbocycles. The van der Waals surface area contributed by atoms with Gasteiger partial charge in [-0.25, -0.2) is 0 Å². The lowest BCUT2D eigenvalue weighted by Crippen LogP contribution is -1.99. The molecule has 0 atom stereocenters. The van der Waals surface area contributed by atoms with Crippen LogP contribution in [0.5, 0.6) is 11.5 Å². The Bertz CT molecular complexity index is 543. The highest BCUT2D eigenvalue weighted by Crippen LogP contribution is 2.26. The van der Waals surface area contributed by atoms with Gasteiger partial charge in [0.2, 0.25) is 0 Å². The molecular formula is C14H14BrNO2. The Morgan fingerprint density at radius 3 is 2.67 bits per heavy atom. The van der Waals surface area contributed by atoms with Gasteiger partial charge in [0.05, 0.1) is 12.8 Å². The average molecular weight is 308 g/mol. The van der Waals surface area contributed by atoms with Gasteiger partial charge in [-0.3, -0.25) is 0 Å². The first kappa shape index (κ1) is 12.8. The van der Waals surface area contributed by atoms with Crippen molar-refractivity contribution in [2.45, 2.75) is 6.61 Å². The fourth-order valence-corrected chi connectivity index (χ4v) is 1.92. The maximum Gasteiger partial charge on any atom is 0.142 e. The molecule has 2 rings (SSSR count). The third-order valence-corrected chi connectivity index (χ3v) is 3.33. The number of halogens is 1. The number of benzene rings is 2. The summed E-state index contributed by atoms with van der Waals surface area (Å²) in [7, 11) is 1.64. The SMILES string of the molecule is COc1ccc(Br)c(COc2ccccc2N)c1. The molecule has 0 saturated heterocycles. The van der Waals surface area contributed by atoms with Crippen molar-refractivity contribution in [1.82, 2.24) is 0 Å². The number of hydrogen-bond acceptors (Lipinski definition) is 3. The lowest BCUT2D eigenvalue weighted by molar-refractivity contribution is 0.306. The van der Waals surface area contributed by atoms with Gasteiger partial charge in [0, 0.05) is 10.0 Å². The minimum absolute atomic E-state index is 0.437. The van der Waals surface area contributed by atoms with Crippen molar-refractivity contribution in [3.05, 3.63) is 52.5 Å². The smallest absolute Gasteiger partial charge is 0.142 e. The zero-order chi connectivity index (χ0) is 13.0. The van der Waals surface area contributed by atoms with Crippen LogP contribution in [-0.2, 0) is 6.61 Å². The summed E-state index contributed by atoms with van der Waals surface area (Å²) in [5, 5.41) is 0. The summed E-state index contributed by atoms with van der Waals surface area (Å²) < 4.78 is 11.9. The van der Waals surface area contributed by atoms with Crippen molar-refractivity contribution in [3.63, 3.8) is 0 Å². The van der Waals surface area contributed by atoms with Crippen LogP contribution < -0.4 is 15.2 Å². The van der Waals surface area contributed by atoms with Crippen LogP contribution in [0.15, 0.2) is 46.9 Å². The Balaban J connectivity index is 2.13. The summed E-state index contributed by atoms with van der Waals surface area (Å²) in [5.41, 5.74) is 7.46. The van der Waals surface area contributed by atoms with Crippen LogP contribution in [0.3, 0.4) is 0 Å². The fourth-order valence-electron chi connectivity index (χ4n) is 1.56. The standard InChI is InChI=1S/C14H14BrNO2/c1-17-11-6-7-12(15)10(8-11)9-18-14-5-3-2-4-13(14)16/h2-8H,9,16H2,1H3. The Kier molecular flexibility index (Phi) is 4.10. The number of hydrogen-bond donors (Lipinski definition) is 1. The number of para-hydroxylation sites is 2. The van der Waals surface area contributed by atoms with E-state index in [1.54, 1.807) is 7.11 Å². The first-order valence-electron chi connectivity index (χ1n) is 5.50. The van der Waals surface area contributed by atoms with Gasteiger partial charge in [0.25, 0.3) is 0 Å². The molecule has 0 aliphatic heterocycles. The van der Waals surface area contributed by atoms with Gasteiger partial charge in [0.1, 0.15) is 18.1 Å². The zero-order valence-electron chi connectivity index (χ0n) is 10.0. The summed E-state index contributed by atoms with van der Waals surface area (Å²) in [4.78, 5) is 0. The molecule has 0 aliphatic rings. The second kappa shape index (κ2) is 5.78. The van der Waals surface area contributed by atoms with Crippen molar-refractivity contribution < 1.29 is 9.47 Å². The van der Waals surface area contributed by atoms with E-state index in [0.29, 0.717) is 18.0 Å². The summed E-state index contributed by atoms with van der Waals surface area (Å²) >= 11 is 3.48. The van der Waals surface area contributed by atoms with Gasteiger partial charge in [-0.2, -0.15) is 0 Å². The summed E-state index contributed by atoms with van der Waals surface area (Å²) in [6.45, 7) is 0.437. The van der Waals surface area contributed by atoms with E-state index in [9.17, 15) is 0 Å². The molecule has 2 N–H and O–H groups in total. The van der Waals surface area contributed by atoms with E-state index in [4.69, 9.17) is 15.2 Å². The molecule has 0 spiro atoms. The molecule has 0 radical (unpaired) electrons. The maximum atomic E-state index is 5.82. The molecule has 18 heavy (non-hydrogen) atoms. The molecule has 0 aliphatic carbocycles. The maximum absolute atomic E-state index is 5.82. The number of rotatable bonds is 4. The Hall–Kier alpha value is -1.68. The lowest BCUT2D eigenvalue weighted by Gasteiger charge is -2.11. The van der Waals surface area contributed by atoms with Crippen molar-refractivity contribution in [3.8, 4) is 11.5 Å². The van der Waals surface area contributed by atoms with Gasteiger partial charge in [-0.15, -0.1) is 0 Å². The van der Waals surface area contributed by atoms with E-state index in [2.05, 4.69) is 15.9 Å². The highest BCUT2D eigenvalue weighted by molar-refractivity contribution is 9.10. The number of anilines is 1. The summed E-state index contributed by atoms with van der Waals surface area (Å²) in [6, 6.07) is 13.2.